The van der Waals surface area contributed by atoms with Crippen molar-refractivity contribution in [3.63, 3.8) is 0 Å². The second-order valence-electron chi connectivity index (χ2n) is 5.94. The van der Waals surface area contributed by atoms with Crippen molar-refractivity contribution in [2.24, 2.45) is 0 Å². The van der Waals surface area contributed by atoms with Crippen LogP contribution in [0.3, 0.4) is 0 Å². The lowest BCUT2D eigenvalue weighted by Crippen LogP contribution is -2.29. The van der Waals surface area contributed by atoms with Crippen molar-refractivity contribution in [1.29, 1.82) is 0 Å². The molecule has 128 valence electrons. The molecule has 0 atom stereocenters. The molecule has 0 fully saturated rings. The number of nitrogens with one attached hydrogen (secondary N) is 1. The lowest BCUT2D eigenvalue weighted by Gasteiger charge is -2.25. The van der Waals surface area contributed by atoms with Gasteiger partial charge in [-0.1, -0.05) is 12.1 Å². The number of fused-ring (bicyclic) bond motifs is 1. The van der Waals surface area contributed by atoms with Gasteiger partial charge in [0.2, 0.25) is 0 Å². The van der Waals surface area contributed by atoms with Crippen molar-refractivity contribution in [2.75, 3.05) is 11.9 Å². The van der Waals surface area contributed by atoms with Crippen LogP contribution in [0.1, 0.15) is 26.5 Å². The van der Waals surface area contributed by atoms with E-state index in [-0.39, 0.29) is 11.7 Å². The summed E-state index contributed by atoms with van der Waals surface area (Å²) in [7, 11) is 0. The number of amides is 1. The van der Waals surface area contributed by atoms with Crippen LogP contribution in [0, 0.1) is 5.82 Å². The molecule has 1 aliphatic heterocycles. The molecule has 7 heteroatoms. The van der Waals surface area contributed by atoms with E-state index in [4.69, 9.17) is 0 Å². The number of hydrogen-bond acceptors (Lipinski definition) is 5. The Morgan fingerprint density at radius 1 is 1.28 bits per heavy atom. The minimum Gasteiger partial charge on any atom is -0.298 e. The maximum Gasteiger partial charge on any atom is 0.258 e. The molecular formula is C18H16FN3OS2. The molecule has 3 aromatic rings. The molecular weight excluding hydrogens is 357 g/mol. The zero-order valence-electron chi connectivity index (χ0n) is 13.4. The molecule has 0 aliphatic carbocycles. The predicted molar refractivity (Wildman–Crippen MR) is 98.6 cm³/mol. The van der Waals surface area contributed by atoms with Gasteiger partial charge in [0.25, 0.3) is 5.91 Å². The maximum atomic E-state index is 13.0. The molecule has 2 aromatic heterocycles. The number of nitrogens with zero attached hydrogens (tertiary/aromatic N) is 2. The third-order valence-corrected chi connectivity index (χ3v) is 5.81. The molecule has 0 saturated carbocycles. The topological polar surface area (TPSA) is 45.2 Å². The summed E-state index contributed by atoms with van der Waals surface area (Å²) in [5.74, 6) is -0.325. The average molecular weight is 373 g/mol. The highest BCUT2D eigenvalue weighted by molar-refractivity contribution is 7.16. The van der Waals surface area contributed by atoms with Crippen LogP contribution in [0.2, 0.25) is 0 Å². The summed E-state index contributed by atoms with van der Waals surface area (Å²) >= 11 is 3.04. The molecule has 4 nitrogen and oxygen atoms in total. The zero-order chi connectivity index (χ0) is 17.2. The molecule has 1 amide bonds. The summed E-state index contributed by atoms with van der Waals surface area (Å²) in [6.07, 6.45) is 0.862. The first-order valence-corrected chi connectivity index (χ1v) is 9.72. The summed E-state index contributed by atoms with van der Waals surface area (Å²) in [5.41, 5.74) is 2.83. The number of thiophene rings is 1. The number of halogens is 1. The molecule has 0 unspecified atom stereocenters. The second kappa shape index (κ2) is 7.03. The van der Waals surface area contributed by atoms with Crippen molar-refractivity contribution in [1.82, 2.24) is 9.88 Å². The Morgan fingerprint density at radius 2 is 2.12 bits per heavy atom. The highest BCUT2D eigenvalue weighted by Gasteiger charge is 2.21. The van der Waals surface area contributed by atoms with Crippen molar-refractivity contribution in [3.8, 4) is 0 Å². The van der Waals surface area contributed by atoms with Crippen LogP contribution in [0.5, 0.6) is 0 Å². The van der Waals surface area contributed by atoms with Gasteiger partial charge in [-0.15, -0.1) is 11.3 Å². The Morgan fingerprint density at radius 3 is 2.88 bits per heavy atom. The Labute approximate surface area is 153 Å². The van der Waals surface area contributed by atoms with E-state index >= 15 is 0 Å². The fraction of sp³-hybridized carbons (Fsp3) is 0.222. The van der Waals surface area contributed by atoms with Crippen LogP contribution in [-0.4, -0.2) is 22.3 Å². The Bertz CT molecular complexity index is 874. The van der Waals surface area contributed by atoms with Crippen molar-refractivity contribution < 1.29 is 9.18 Å². The van der Waals surface area contributed by atoms with Gasteiger partial charge in [0.15, 0.2) is 5.13 Å². The summed E-state index contributed by atoms with van der Waals surface area (Å²) in [6, 6.07) is 8.44. The van der Waals surface area contributed by atoms with Gasteiger partial charge in [-0.05, 0) is 29.1 Å². The molecule has 25 heavy (non-hydrogen) atoms. The molecule has 0 radical (unpaired) electrons. The van der Waals surface area contributed by atoms with Gasteiger partial charge in [0.05, 0.1) is 11.3 Å². The van der Waals surface area contributed by atoms with Crippen molar-refractivity contribution >= 4 is 33.7 Å². The molecule has 1 N–H and O–H groups in total. The van der Waals surface area contributed by atoms with E-state index in [1.54, 1.807) is 6.07 Å². The van der Waals surface area contributed by atoms with E-state index in [1.807, 2.05) is 22.9 Å². The van der Waals surface area contributed by atoms with E-state index in [9.17, 15) is 9.18 Å². The number of hydrogen-bond donors (Lipinski definition) is 1. The highest BCUT2D eigenvalue weighted by Crippen LogP contribution is 2.29. The van der Waals surface area contributed by atoms with Crippen LogP contribution >= 0.6 is 22.7 Å². The number of rotatable bonds is 4. The summed E-state index contributed by atoms with van der Waals surface area (Å²) in [4.78, 5) is 20.2. The summed E-state index contributed by atoms with van der Waals surface area (Å²) in [5, 5.41) is 7.26. The first-order chi connectivity index (χ1) is 12.2. The normalized spacial score (nSPS) is 14.3. The SMILES string of the molecule is O=C(Nc1nc2c(s1)CN(Cc1ccc(F)cc1)CC2)c1ccsc1. The predicted octanol–water partition coefficient (Wildman–Crippen LogP) is 4.15. The van der Waals surface area contributed by atoms with E-state index in [2.05, 4.69) is 15.2 Å². The Hall–Kier alpha value is -2.09. The first-order valence-electron chi connectivity index (χ1n) is 7.96. The van der Waals surface area contributed by atoms with Crippen molar-refractivity contribution in [3.05, 3.63) is 68.6 Å². The first kappa shape index (κ1) is 16.4. The third kappa shape index (κ3) is 3.78. The number of thiazole rings is 1. The quantitative estimate of drug-likeness (QED) is 0.747. The van der Waals surface area contributed by atoms with Crippen LogP contribution in [0.15, 0.2) is 41.1 Å². The largest absolute Gasteiger partial charge is 0.298 e. The number of carbonyl (C=O) groups is 1. The smallest absolute Gasteiger partial charge is 0.258 e. The minimum absolute atomic E-state index is 0.115. The standard InChI is InChI=1S/C18H16FN3OS2/c19-14-3-1-12(2-4-14)9-22-7-5-15-16(10-22)25-18(20-15)21-17(23)13-6-8-24-11-13/h1-4,6,8,11H,5,7,9-10H2,(H,20,21,23). The van der Waals surface area contributed by atoms with E-state index < -0.39 is 0 Å². The molecule has 1 aliphatic rings. The fourth-order valence-electron chi connectivity index (χ4n) is 2.85. The van der Waals surface area contributed by atoms with Gasteiger partial charge >= 0.3 is 0 Å². The van der Waals surface area contributed by atoms with Crippen LogP contribution in [-0.2, 0) is 19.5 Å². The third-order valence-electron chi connectivity index (χ3n) is 4.13. The van der Waals surface area contributed by atoms with Gasteiger partial charge in [0.1, 0.15) is 5.82 Å². The van der Waals surface area contributed by atoms with Gasteiger partial charge in [-0.2, -0.15) is 11.3 Å². The highest BCUT2D eigenvalue weighted by atomic mass is 32.1. The minimum atomic E-state index is -0.210. The lowest BCUT2D eigenvalue weighted by molar-refractivity contribution is 0.102. The Balaban J connectivity index is 1.42. The second-order valence-corrected chi connectivity index (χ2v) is 7.81. The van der Waals surface area contributed by atoms with Gasteiger partial charge < -0.3 is 0 Å². The lowest BCUT2D eigenvalue weighted by atomic mass is 10.1. The number of benzene rings is 1. The molecule has 4 rings (SSSR count). The van der Waals surface area contributed by atoms with Gasteiger partial charge in [-0.3, -0.25) is 15.0 Å². The summed E-state index contributed by atoms with van der Waals surface area (Å²) < 4.78 is 13.0. The Kier molecular flexibility index (Phi) is 4.61. The number of anilines is 1. The monoisotopic (exact) mass is 373 g/mol. The van der Waals surface area contributed by atoms with E-state index in [0.717, 1.165) is 37.3 Å². The van der Waals surface area contributed by atoms with Crippen molar-refractivity contribution in [2.45, 2.75) is 19.5 Å². The fourth-order valence-corrected chi connectivity index (χ4v) is 4.53. The maximum absolute atomic E-state index is 13.0. The van der Waals surface area contributed by atoms with Crippen LogP contribution < -0.4 is 5.32 Å². The molecule has 0 bridgehead atoms. The molecule has 0 saturated heterocycles. The average Bonchev–Trinajstić information content (AvgIpc) is 3.26. The number of aromatic nitrogens is 1. The molecule has 1 aromatic carbocycles. The van der Waals surface area contributed by atoms with E-state index in [0.29, 0.717) is 10.7 Å². The van der Waals surface area contributed by atoms with Gasteiger partial charge in [0, 0.05) is 36.3 Å². The van der Waals surface area contributed by atoms with Crippen LogP contribution in [0.4, 0.5) is 9.52 Å². The molecule has 3 heterocycles. The van der Waals surface area contributed by atoms with Gasteiger partial charge in [-0.25, -0.2) is 9.37 Å². The molecule has 0 spiro atoms. The van der Waals surface area contributed by atoms with E-state index in [1.165, 1.54) is 39.7 Å². The van der Waals surface area contributed by atoms with Crippen LogP contribution in [0.25, 0.3) is 0 Å². The number of carbonyl (C=O) groups excluding carboxylic acids is 1. The summed E-state index contributed by atoms with van der Waals surface area (Å²) in [6.45, 7) is 2.50. The zero-order valence-corrected chi connectivity index (χ0v) is 15.0.